The first-order chi connectivity index (χ1) is 8.02. The molecule has 1 amide bonds. The molecule has 1 N–H and O–H groups in total. The van der Waals surface area contributed by atoms with Crippen molar-refractivity contribution in [2.75, 3.05) is 6.61 Å². The molecule has 0 saturated carbocycles. The standard InChI is InChI=1S/C13H18BrNO2/c1-4-10(3)15-13(16)8-17-12-6-5-9(2)7-11(12)14/h5-7,10H,4,8H2,1-3H3,(H,15,16). The zero-order chi connectivity index (χ0) is 12.8. The van der Waals surface area contributed by atoms with Gasteiger partial charge in [0.15, 0.2) is 6.61 Å². The van der Waals surface area contributed by atoms with Gasteiger partial charge in [-0.3, -0.25) is 4.79 Å². The molecule has 1 rings (SSSR count). The van der Waals surface area contributed by atoms with E-state index in [1.165, 1.54) is 0 Å². The molecule has 3 nitrogen and oxygen atoms in total. The predicted molar refractivity (Wildman–Crippen MR) is 72.3 cm³/mol. The Morgan fingerprint density at radius 3 is 2.82 bits per heavy atom. The lowest BCUT2D eigenvalue weighted by atomic mass is 10.2. The molecule has 0 fully saturated rings. The third kappa shape index (κ3) is 4.77. The van der Waals surface area contributed by atoms with Crippen molar-refractivity contribution in [3.8, 4) is 5.75 Å². The summed E-state index contributed by atoms with van der Waals surface area (Å²) in [5.74, 6) is 0.599. The monoisotopic (exact) mass is 299 g/mol. The van der Waals surface area contributed by atoms with Crippen molar-refractivity contribution in [2.24, 2.45) is 0 Å². The largest absolute Gasteiger partial charge is 0.483 e. The lowest BCUT2D eigenvalue weighted by Gasteiger charge is -2.12. The number of aryl methyl sites for hydroxylation is 1. The minimum absolute atomic E-state index is 0.0476. The van der Waals surface area contributed by atoms with Gasteiger partial charge in [-0.2, -0.15) is 0 Å². The van der Waals surface area contributed by atoms with Crippen LogP contribution >= 0.6 is 15.9 Å². The Bertz CT molecular complexity index is 393. The number of carbonyl (C=O) groups is 1. The highest BCUT2D eigenvalue weighted by molar-refractivity contribution is 9.10. The number of ether oxygens (including phenoxy) is 1. The van der Waals surface area contributed by atoms with E-state index in [2.05, 4.69) is 21.2 Å². The molecular weight excluding hydrogens is 282 g/mol. The highest BCUT2D eigenvalue weighted by Crippen LogP contribution is 2.25. The van der Waals surface area contributed by atoms with E-state index in [0.717, 1.165) is 16.5 Å². The summed E-state index contributed by atoms with van der Waals surface area (Å²) in [6, 6.07) is 5.96. The topological polar surface area (TPSA) is 38.3 Å². The summed E-state index contributed by atoms with van der Waals surface area (Å²) < 4.78 is 6.31. The number of benzene rings is 1. The molecule has 1 atom stereocenters. The first-order valence-electron chi connectivity index (χ1n) is 5.71. The van der Waals surface area contributed by atoms with Gasteiger partial charge < -0.3 is 10.1 Å². The number of hydrogen-bond acceptors (Lipinski definition) is 2. The molecule has 1 unspecified atom stereocenters. The number of rotatable bonds is 5. The van der Waals surface area contributed by atoms with Gasteiger partial charge in [0.1, 0.15) is 5.75 Å². The third-order valence-electron chi connectivity index (χ3n) is 2.47. The molecule has 0 aliphatic heterocycles. The molecule has 0 aromatic heterocycles. The maximum atomic E-state index is 11.5. The zero-order valence-corrected chi connectivity index (χ0v) is 12.0. The van der Waals surface area contributed by atoms with Gasteiger partial charge in [0.05, 0.1) is 4.47 Å². The van der Waals surface area contributed by atoms with Gasteiger partial charge in [-0.05, 0) is 53.9 Å². The molecule has 1 aromatic carbocycles. The second kappa shape index (κ2) is 6.64. The van der Waals surface area contributed by atoms with Crippen LogP contribution in [0.3, 0.4) is 0 Å². The molecule has 94 valence electrons. The van der Waals surface area contributed by atoms with Crippen molar-refractivity contribution in [1.29, 1.82) is 0 Å². The maximum absolute atomic E-state index is 11.5. The number of amides is 1. The van der Waals surface area contributed by atoms with Crippen LogP contribution < -0.4 is 10.1 Å². The van der Waals surface area contributed by atoms with E-state index in [-0.39, 0.29) is 18.6 Å². The van der Waals surface area contributed by atoms with E-state index in [0.29, 0.717) is 5.75 Å². The molecule has 0 spiro atoms. The van der Waals surface area contributed by atoms with Crippen LogP contribution in [-0.4, -0.2) is 18.6 Å². The second-order valence-electron chi connectivity index (χ2n) is 4.10. The van der Waals surface area contributed by atoms with Crippen LogP contribution in [0.4, 0.5) is 0 Å². The van der Waals surface area contributed by atoms with Crippen LogP contribution in [-0.2, 0) is 4.79 Å². The molecular formula is C13H18BrNO2. The van der Waals surface area contributed by atoms with E-state index in [4.69, 9.17) is 4.74 Å². The normalized spacial score (nSPS) is 12.0. The fourth-order valence-electron chi connectivity index (χ4n) is 1.28. The molecule has 1 aromatic rings. The summed E-state index contributed by atoms with van der Waals surface area (Å²) in [5.41, 5.74) is 1.15. The lowest BCUT2D eigenvalue weighted by molar-refractivity contribution is -0.123. The van der Waals surface area contributed by atoms with Crippen LogP contribution in [0, 0.1) is 6.92 Å². The van der Waals surface area contributed by atoms with Crippen LogP contribution in [0.5, 0.6) is 5.75 Å². The Balaban J connectivity index is 2.47. The molecule has 4 heteroatoms. The Labute approximate surface area is 111 Å². The third-order valence-corrected chi connectivity index (χ3v) is 3.09. The average Bonchev–Trinajstić information content (AvgIpc) is 2.27. The van der Waals surface area contributed by atoms with Gasteiger partial charge in [0.25, 0.3) is 5.91 Å². The minimum atomic E-state index is -0.0909. The van der Waals surface area contributed by atoms with Crippen LogP contribution in [0.1, 0.15) is 25.8 Å². The fraction of sp³-hybridized carbons (Fsp3) is 0.462. The van der Waals surface area contributed by atoms with Crippen LogP contribution in [0.15, 0.2) is 22.7 Å². The molecule has 17 heavy (non-hydrogen) atoms. The average molecular weight is 300 g/mol. The second-order valence-corrected chi connectivity index (χ2v) is 4.95. The molecule has 0 saturated heterocycles. The van der Waals surface area contributed by atoms with Gasteiger partial charge in [0.2, 0.25) is 0 Å². The van der Waals surface area contributed by atoms with E-state index in [1.807, 2.05) is 39.0 Å². The molecule has 0 bridgehead atoms. The fourth-order valence-corrected chi connectivity index (χ4v) is 1.89. The lowest BCUT2D eigenvalue weighted by Crippen LogP contribution is -2.35. The number of nitrogens with one attached hydrogen (secondary N) is 1. The van der Waals surface area contributed by atoms with Gasteiger partial charge in [-0.1, -0.05) is 13.0 Å². The summed E-state index contributed by atoms with van der Waals surface area (Å²) in [6.07, 6.45) is 0.917. The Hall–Kier alpha value is -1.03. The number of hydrogen-bond donors (Lipinski definition) is 1. The van der Waals surface area contributed by atoms with Crippen LogP contribution in [0.2, 0.25) is 0 Å². The van der Waals surface area contributed by atoms with E-state index < -0.39 is 0 Å². The van der Waals surface area contributed by atoms with Gasteiger partial charge >= 0.3 is 0 Å². The summed E-state index contributed by atoms with van der Waals surface area (Å²) in [5, 5.41) is 2.85. The van der Waals surface area contributed by atoms with Crippen molar-refractivity contribution in [3.63, 3.8) is 0 Å². The van der Waals surface area contributed by atoms with Gasteiger partial charge in [-0.15, -0.1) is 0 Å². The van der Waals surface area contributed by atoms with E-state index in [9.17, 15) is 4.79 Å². The molecule has 0 heterocycles. The Morgan fingerprint density at radius 1 is 1.53 bits per heavy atom. The Kier molecular flexibility index (Phi) is 5.48. The van der Waals surface area contributed by atoms with Crippen molar-refractivity contribution in [2.45, 2.75) is 33.2 Å². The summed E-state index contributed by atoms with van der Waals surface area (Å²) in [7, 11) is 0. The summed E-state index contributed by atoms with van der Waals surface area (Å²) >= 11 is 3.41. The van der Waals surface area contributed by atoms with Crippen molar-refractivity contribution in [1.82, 2.24) is 5.32 Å². The highest BCUT2D eigenvalue weighted by atomic mass is 79.9. The Morgan fingerprint density at radius 2 is 2.24 bits per heavy atom. The van der Waals surface area contributed by atoms with Crippen molar-refractivity contribution in [3.05, 3.63) is 28.2 Å². The first kappa shape index (κ1) is 14.0. The minimum Gasteiger partial charge on any atom is -0.483 e. The number of halogens is 1. The maximum Gasteiger partial charge on any atom is 0.258 e. The SMILES string of the molecule is CCC(C)NC(=O)COc1ccc(C)cc1Br. The van der Waals surface area contributed by atoms with Crippen LogP contribution in [0.25, 0.3) is 0 Å². The van der Waals surface area contributed by atoms with E-state index >= 15 is 0 Å². The van der Waals surface area contributed by atoms with Crippen molar-refractivity contribution >= 4 is 21.8 Å². The summed E-state index contributed by atoms with van der Waals surface area (Å²) in [6.45, 7) is 6.05. The summed E-state index contributed by atoms with van der Waals surface area (Å²) in [4.78, 5) is 11.5. The molecule has 0 aliphatic carbocycles. The molecule has 0 radical (unpaired) electrons. The number of carbonyl (C=O) groups excluding carboxylic acids is 1. The first-order valence-corrected chi connectivity index (χ1v) is 6.50. The van der Waals surface area contributed by atoms with Gasteiger partial charge in [0, 0.05) is 6.04 Å². The van der Waals surface area contributed by atoms with Crippen molar-refractivity contribution < 1.29 is 9.53 Å². The molecule has 0 aliphatic rings. The van der Waals surface area contributed by atoms with E-state index in [1.54, 1.807) is 0 Å². The quantitative estimate of drug-likeness (QED) is 0.907. The van der Waals surface area contributed by atoms with Gasteiger partial charge in [-0.25, -0.2) is 0 Å². The smallest absolute Gasteiger partial charge is 0.258 e. The zero-order valence-electron chi connectivity index (χ0n) is 10.4. The highest BCUT2D eigenvalue weighted by Gasteiger charge is 2.07. The predicted octanol–water partition coefficient (Wildman–Crippen LogP) is 3.05.